The molecule has 4 aromatic heterocycles. The van der Waals surface area contributed by atoms with Crippen molar-refractivity contribution in [3.63, 3.8) is 0 Å². The molecule has 3 aliphatic heterocycles. The maximum atomic E-state index is 12.9. The molecule has 7 rings (SSSR count). The Morgan fingerprint density at radius 1 is 0.886 bits per heavy atom. The van der Waals surface area contributed by atoms with Gasteiger partial charge in [-0.2, -0.15) is 0 Å². The van der Waals surface area contributed by atoms with Gasteiger partial charge in [-0.05, 0) is 11.8 Å². The highest BCUT2D eigenvalue weighted by atomic mass is 32.5. The first kappa shape index (κ1) is 29.8. The van der Waals surface area contributed by atoms with Crippen molar-refractivity contribution in [2.45, 2.75) is 55.5 Å². The minimum Gasteiger partial charge on any atom is -0.387 e. The van der Waals surface area contributed by atoms with E-state index >= 15 is 0 Å². The molecule has 20 nitrogen and oxygen atoms in total. The fourth-order valence-corrected chi connectivity index (χ4v) is 7.53. The highest BCUT2D eigenvalue weighted by Gasteiger charge is 2.53. The van der Waals surface area contributed by atoms with Gasteiger partial charge in [0.25, 0.3) is 0 Å². The van der Waals surface area contributed by atoms with Crippen LogP contribution in [0.3, 0.4) is 0 Å². The molecule has 7 heterocycles. The molecule has 0 aliphatic carbocycles. The molecule has 0 aromatic carbocycles. The highest BCUT2D eigenvalue weighted by Crippen LogP contribution is 2.51. The maximum absolute atomic E-state index is 12.9. The van der Waals surface area contributed by atoms with E-state index in [0.29, 0.717) is 5.52 Å². The first-order valence-electron chi connectivity index (χ1n) is 13.1. The zero-order chi connectivity index (χ0) is 30.7. The number of anilines is 2. The molecule has 2 unspecified atom stereocenters. The minimum atomic E-state index is -4.09. The van der Waals surface area contributed by atoms with Crippen molar-refractivity contribution in [1.82, 2.24) is 39.0 Å². The lowest BCUT2D eigenvalue weighted by molar-refractivity contribution is -0.0496. The Labute approximate surface area is 252 Å². The van der Waals surface area contributed by atoms with Gasteiger partial charge in [-0.3, -0.25) is 13.7 Å². The molecule has 3 aliphatic rings. The molecule has 2 bridgehead atoms. The van der Waals surface area contributed by atoms with Gasteiger partial charge in [0.05, 0.1) is 25.4 Å². The lowest BCUT2D eigenvalue weighted by Gasteiger charge is -2.26. The van der Waals surface area contributed by atoms with E-state index in [1.165, 1.54) is 34.4 Å². The van der Waals surface area contributed by atoms with Crippen LogP contribution in [-0.4, -0.2) is 104 Å². The van der Waals surface area contributed by atoms with Gasteiger partial charge >= 0.3 is 15.0 Å². The largest absolute Gasteiger partial charge is 0.697 e. The number of fused-ring (bicyclic) bond motifs is 5. The van der Waals surface area contributed by atoms with Crippen LogP contribution in [0.5, 0.6) is 0 Å². The van der Waals surface area contributed by atoms with Crippen molar-refractivity contribution in [2.75, 3.05) is 24.7 Å². The second kappa shape index (κ2) is 11.5. The summed E-state index contributed by atoms with van der Waals surface area (Å²) in [6.45, 7) is -4.76. The van der Waals surface area contributed by atoms with E-state index in [1.807, 2.05) is 0 Å². The zero-order valence-electron chi connectivity index (χ0n) is 22.3. The number of aliphatic hydroxyl groups is 2. The van der Waals surface area contributed by atoms with Crippen LogP contribution in [0, 0.1) is 0 Å². The van der Waals surface area contributed by atoms with E-state index in [2.05, 4.69) is 29.9 Å². The lowest BCUT2D eigenvalue weighted by atomic mass is 10.1. The quantitative estimate of drug-likeness (QED) is 0.167. The van der Waals surface area contributed by atoms with Gasteiger partial charge in [0.2, 0.25) is 0 Å². The Kier molecular flexibility index (Phi) is 7.76. The summed E-state index contributed by atoms with van der Waals surface area (Å²) < 4.78 is 50.3. The number of imidazole rings is 2. The van der Waals surface area contributed by atoms with Gasteiger partial charge in [0.15, 0.2) is 41.5 Å². The summed E-state index contributed by atoms with van der Waals surface area (Å²) in [6.07, 6.45) is -4.40. The first-order chi connectivity index (χ1) is 21.1. The molecule has 10 atom stereocenters. The van der Waals surface area contributed by atoms with Crippen molar-refractivity contribution in [3.05, 3.63) is 25.3 Å². The topological polar surface area (TPSA) is 272 Å². The summed E-state index contributed by atoms with van der Waals surface area (Å²) in [5.41, 5.74) is 12.9. The second-order valence-corrected chi connectivity index (χ2v) is 13.7. The number of hydrogen-bond acceptors (Lipinski definition) is 18. The standard InChI is InChI=1S/C21H24N10O10P2S/c22-16-10-18(26-4-24-16)30(6-28-10)20-13(33)14-8(38-20)1-2-36-42(34)40-15-12(32)9(3-37-43(35,44)41-14)39-21(15)31-7-29-11-17(23)25-5-27-19(11)31/h4-9,12-15,20-21,32-33H,1-3H2,(H4-,22,23,24,25,26,27,35,44)/p+1/t8-,9-,12-,13-,14-,15-,20-,21-,43?/m1/s1. The summed E-state index contributed by atoms with van der Waals surface area (Å²) in [5, 5.41) is 22.4. The zero-order valence-corrected chi connectivity index (χ0v) is 24.9. The van der Waals surface area contributed by atoms with Crippen molar-refractivity contribution in [1.29, 1.82) is 0 Å². The van der Waals surface area contributed by atoms with Gasteiger partial charge in [0, 0.05) is 11.0 Å². The molecule has 7 N–H and O–H groups in total. The monoisotopic (exact) mass is 671 g/mol. The normalized spacial score (nSPS) is 36.0. The number of ether oxygens (including phenoxy) is 2. The van der Waals surface area contributed by atoms with E-state index in [4.69, 9.17) is 50.8 Å². The van der Waals surface area contributed by atoms with Gasteiger partial charge in [-0.1, -0.05) is 0 Å². The molecule has 3 saturated heterocycles. The molecule has 234 valence electrons. The van der Waals surface area contributed by atoms with Gasteiger partial charge < -0.3 is 40.6 Å². The second-order valence-electron chi connectivity index (χ2n) is 10.0. The summed E-state index contributed by atoms with van der Waals surface area (Å²) in [5.74, 6) is 0.249. The summed E-state index contributed by atoms with van der Waals surface area (Å²) in [4.78, 5) is 35.6. The van der Waals surface area contributed by atoms with E-state index in [-0.39, 0.29) is 41.5 Å². The van der Waals surface area contributed by atoms with Crippen molar-refractivity contribution < 1.29 is 47.2 Å². The number of nitrogen functional groups attached to an aromatic ring is 2. The van der Waals surface area contributed by atoms with Crippen molar-refractivity contribution in [3.8, 4) is 0 Å². The lowest BCUT2D eigenvalue weighted by Crippen LogP contribution is -2.36. The Balaban J connectivity index is 1.15. The van der Waals surface area contributed by atoms with E-state index in [0.717, 1.165) is 0 Å². The molecule has 23 heteroatoms. The average molecular weight is 672 g/mol. The van der Waals surface area contributed by atoms with Gasteiger partial charge in [0.1, 0.15) is 54.7 Å². The van der Waals surface area contributed by atoms with Crippen LogP contribution < -0.4 is 11.5 Å². The summed E-state index contributed by atoms with van der Waals surface area (Å²) in [7, 11) is -2.81. The summed E-state index contributed by atoms with van der Waals surface area (Å²) in [6, 6.07) is 0. The molecular weight excluding hydrogens is 646 g/mol. The third-order valence-electron chi connectivity index (χ3n) is 7.41. The van der Waals surface area contributed by atoms with Crippen molar-refractivity contribution in [2.24, 2.45) is 0 Å². The smallest absolute Gasteiger partial charge is 0.387 e. The minimum absolute atomic E-state index is 0.0138. The number of aliphatic hydroxyl groups excluding tert-OH is 2. The van der Waals surface area contributed by atoms with E-state index in [1.54, 1.807) is 0 Å². The van der Waals surface area contributed by atoms with Crippen LogP contribution in [0.1, 0.15) is 18.9 Å². The fourth-order valence-electron chi connectivity index (χ4n) is 5.34. The number of nitrogens with zero attached hydrogens (tertiary/aromatic N) is 8. The maximum Gasteiger partial charge on any atom is 0.697 e. The van der Waals surface area contributed by atoms with Gasteiger partial charge in [-0.15, -0.1) is 9.05 Å². The van der Waals surface area contributed by atoms with Crippen LogP contribution in [0.25, 0.3) is 22.3 Å². The number of aromatic nitrogens is 8. The molecule has 0 radical (unpaired) electrons. The number of nitrogens with two attached hydrogens (primary N) is 2. The average Bonchev–Trinajstić information content (AvgIpc) is 3.74. The number of hydrogen-bond donors (Lipinski definition) is 5. The molecule has 4 aromatic rings. The Morgan fingerprint density at radius 3 is 2.16 bits per heavy atom. The molecule has 0 spiro atoms. The Hall–Kier alpha value is -2.91. The molecule has 44 heavy (non-hydrogen) atoms. The third-order valence-corrected chi connectivity index (χ3v) is 9.78. The van der Waals surface area contributed by atoms with E-state index < -0.39 is 70.7 Å². The third kappa shape index (κ3) is 5.23. The fraction of sp³-hybridized carbons (Fsp3) is 0.524. The van der Waals surface area contributed by atoms with E-state index in [9.17, 15) is 19.7 Å². The van der Waals surface area contributed by atoms with Crippen molar-refractivity contribution >= 4 is 60.7 Å². The van der Waals surface area contributed by atoms with Crippen LogP contribution in [0.15, 0.2) is 25.3 Å². The predicted molar refractivity (Wildman–Crippen MR) is 150 cm³/mol. The first-order valence-corrected chi connectivity index (χ1v) is 16.8. The van der Waals surface area contributed by atoms with Crippen LogP contribution in [-0.2, 0) is 43.9 Å². The molecule has 3 fully saturated rings. The highest BCUT2D eigenvalue weighted by molar-refractivity contribution is 8.07. The predicted octanol–water partition coefficient (Wildman–Crippen LogP) is -0.571. The molecule has 0 amide bonds. The molecular formula is C21H25N10O10P2S+. The SMILES string of the molecule is Nc1ncnc2c1ncn2[C@@H]1O[C@@H]2CCO[P+](=O)O[C@@H]3[C@H](O)[C@@H](COP(O)(=S)O[C@H]2[C@H]1O)O[C@H]3n1cnc2c(N)ncnc21. The van der Waals surface area contributed by atoms with Gasteiger partial charge in [-0.25, -0.2) is 29.9 Å². The molecule has 0 saturated carbocycles. The Morgan fingerprint density at radius 2 is 1.50 bits per heavy atom. The van der Waals surface area contributed by atoms with Crippen LogP contribution >= 0.6 is 15.0 Å². The Bertz CT molecular complexity index is 1780. The van der Waals surface area contributed by atoms with Crippen LogP contribution in [0.2, 0.25) is 0 Å². The number of rotatable bonds is 2. The summed E-state index contributed by atoms with van der Waals surface area (Å²) >= 11 is 5.26. The van der Waals surface area contributed by atoms with Crippen LogP contribution in [0.4, 0.5) is 11.6 Å².